The zero-order valence-corrected chi connectivity index (χ0v) is 13.4. The van der Waals surface area contributed by atoms with Gasteiger partial charge in [-0.25, -0.2) is 4.39 Å². The third kappa shape index (κ3) is 5.72. The number of benzene rings is 1. The van der Waals surface area contributed by atoms with Crippen molar-refractivity contribution in [3.8, 4) is 0 Å². The zero-order valence-electron chi connectivity index (χ0n) is 13.4. The molecule has 1 aliphatic carbocycles. The van der Waals surface area contributed by atoms with E-state index in [0.29, 0.717) is 12.8 Å². The van der Waals surface area contributed by atoms with Gasteiger partial charge in [0.1, 0.15) is 11.9 Å². The van der Waals surface area contributed by atoms with Gasteiger partial charge in [-0.2, -0.15) is 13.2 Å². The maximum absolute atomic E-state index is 12.9. The summed E-state index contributed by atoms with van der Waals surface area (Å²) in [5.74, 6) is -3.38. The molecule has 1 aliphatic rings. The second-order valence-corrected chi connectivity index (χ2v) is 5.97. The van der Waals surface area contributed by atoms with Gasteiger partial charge in [-0.15, -0.1) is 0 Å². The molecule has 2 atom stereocenters. The molecule has 1 N–H and O–H groups in total. The molecule has 0 spiro atoms. The highest BCUT2D eigenvalue weighted by atomic mass is 19.4. The molecule has 138 valence electrons. The predicted octanol–water partition coefficient (Wildman–Crippen LogP) is 3.61. The third-order valence-corrected chi connectivity index (χ3v) is 4.13. The van der Waals surface area contributed by atoms with Gasteiger partial charge in [0.15, 0.2) is 0 Å². The lowest BCUT2D eigenvalue weighted by Gasteiger charge is -2.32. The fourth-order valence-corrected chi connectivity index (χ4v) is 2.82. The van der Waals surface area contributed by atoms with Crippen LogP contribution in [0.25, 0.3) is 0 Å². The van der Waals surface area contributed by atoms with Crippen LogP contribution >= 0.6 is 0 Å². The zero-order chi connectivity index (χ0) is 18.4. The van der Waals surface area contributed by atoms with Crippen molar-refractivity contribution in [1.29, 1.82) is 0 Å². The van der Waals surface area contributed by atoms with Gasteiger partial charge in [-0.3, -0.25) is 9.59 Å². The van der Waals surface area contributed by atoms with Crippen LogP contribution in [-0.2, 0) is 9.53 Å². The number of rotatable bonds is 5. The minimum Gasteiger partial charge on any atom is -0.462 e. The van der Waals surface area contributed by atoms with Crippen molar-refractivity contribution >= 4 is 11.9 Å². The highest BCUT2D eigenvalue weighted by Gasteiger charge is 2.47. The number of hydrogen-bond acceptors (Lipinski definition) is 3. The largest absolute Gasteiger partial charge is 0.462 e. The summed E-state index contributed by atoms with van der Waals surface area (Å²) >= 11 is 0. The summed E-state index contributed by atoms with van der Waals surface area (Å²) in [4.78, 5) is 23.5. The van der Waals surface area contributed by atoms with Crippen LogP contribution in [-0.4, -0.2) is 30.7 Å². The van der Waals surface area contributed by atoms with Crippen LogP contribution in [0.5, 0.6) is 0 Å². The van der Waals surface area contributed by atoms with Crippen molar-refractivity contribution in [2.75, 3.05) is 6.54 Å². The summed E-state index contributed by atoms with van der Waals surface area (Å²) < 4.78 is 56.6. The van der Waals surface area contributed by atoms with Gasteiger partial charge < -0.3 is 10.1 Å². The lowest BCUT2D eigenvalue weighted by atomic mass is 9.86. The first-order valence-electron chi connectivity index (χ1n) is 8.07. The lowest BCUT2D eigenvalue weighted by molar-refractivity contribution is -0.216. The third-order valence-electron chi connectivity index (χ3n) is 4.13. The molecular formula is C17H19F4NO3. The summed E-state index contributed by atoms with van der Waals surface area (Å²) in [5.41, 5.74) is 0.221. The van der Waals surface area contributed by atoms with Crippen LogP contribution in [0.2, 0.25) is 0 Å². The van der Waals surface area contributed by atoms with E-state index in [9.17, 15) is 27.2 Å². The van der Waals surface area contributed by atoms with E-state index in [1.807, 2.05) is 0 Å². The SMILES string of the molecule is O=C(CCNC(=O)c1ccc(F)cc1)O[C@H]1CCCC[C@@H]1C(F)(F)F. The molecule has 1 saturated carbocycles. The topological polar surface area (TPSA) is 55.4 Å². The first-order valence-corrected chi connectivity index (χ1v) is 8.07. The van der Waals surface area contributed by atoms with Crippen molar-refractivity contribution in [2.24, 2.45) is 5.92 Å². The summed E-state index contributed by atoms with van der Waals surface area (Å²) in [7, 11) is 0. The van der Waals surface area contributed by atoms with Crippen LogP contribution in [0.3, 0.4) is 0 Å². The minimum absolute atomic E-state index is 0.0389. The van der Waals surface area contributed by atoms with E-state index in [0.717, 1.165) is 12.1 Å². The number of halogens is 4. The molecule has 1 amide bonds. The summed E-state index contributed by atoms with van der Waals surface area (Å²) in [6, 6.07) is 4.84. The fraction of sp³-hybridized carbons (Fsp3) is 0.529. The predicted molar refractivity (Wildman–Crippen MR) is 81.2 cm³/mol. The fourth-order valence-electron chi connectivity index (χ4n) is 2.82. The minimum atomic E-state index is -4.39. The van der Waals surface area contributed by atoms with Crippen LogP contribution in [0, 0.1) is 11.7 Å². The van der Waals surface area contributed by atoms with Crippen LogP contribution in [0.1, 0.15) is 42.5 Å². The maximum Gasteiger partial charge on any atom is 0.395 e. The number of esters is 1. The van der Waals surface area contributed by atoms with Crippen molar-refractivity contribution in [1.82, 2.24) is 5.32 Å². The molecule has 0 aromatic heterocycles. The van der Waals surface area contributed by atoms with E-state index in [1.165, 1.54) is 12.1 Å². The average molecular weight is 361 g/mol. The van der Waals surface area contributed by atoms with E-state index in [4.69, 9.17) is 4.74 Å². The molecule has 0 unspecified atom stereocenters. The Balaban J connectivity index is 1.78. The second-order valence-electron chi connectivity index (χ2n) is 5.97. The van der Waals surface area contributed by atoms with Crippen LogP contribution in [0.15, 0.2) is 24.3 Å². The first kappa shape index (κ1) is 19.2. The normalized spacial score (nSPS) is 20.8. The van der Waals surface area contributed by atoms with Gasteiger partial charge in [0.05, 0.1) is 12.3 Å². The molecule has 25 heavy (non-hydrogen) atoms. The Labute approximate surface area is 142 Å². The Morgan fingerprint density at radius 3 is 2.40 bits per heavy atom. The monoisotopic (exact) mass is 361 g/mol. The standard InChI is InChI=1S/C17H19F4NO3/c18-12-7-5-11(6-8-12)16(24)22-10-9-15(23)25-14-4-2-1-3-13(14)17(19,20)21/h5-8,13-14H,1-4,9-10H2,(H,22,24)/t13-,14-/m0/s1. The lowest BCUT2D eigenvalue weighted by Crippen LogP contribution is -2.39. The van der Waals surface area contributed by atoms with E-state index < -0.39 is 35.9 Å². The molecule has 1 aromatic rings. The van der Waals surface area contributed by atoms with Crippen LogP contribution in [0.4, 0.5) is 17.6 Å². The molecule has 0 radical (unpaired) electrons. The number of hydrogen-bond donors (Lipinski definition) is 1. The number of nitrogens with one attached hydrogen (secondary N) is 1. The molecule has 0 bridgehead atoms. The quantitative estimate of drug-likeness (QED) is 0.644. The number of carbonyl (C=O) groups is 2. The Morgan fingerprint density at radius 1 is 1.12 bits per heavy atom. The molecule has 1 fully saturated rings. The Hall–Kier alpha value is -2.12. The summed E-state index contributed by atoms with van der Waals surface area (Å²) in [5, 5.41) is 2.44. The highest BCUT2D eigenvalue weighted by molar-refractivity contribution is 5.94. The summed E-state index contributed by atoms with van der Waals surface area (Å²) in [6.45, 7) is -0.0710. The molecule has 2 rings (SSSR count). The van der Waals surface area contributed by atoms with E-state index >= 15 is 0 Å². The molecule has 0 saturated heterocycles. The van der Waals surface area contributed by atoms with Crippen molar-refractivity contribution in [3.63, 3.8) is 0 Å². The smallest absolute Gasteiger partial charge is 0.395 e. The highest BCUT2D eigenvalue weighted by Crippen LogP contribution is 2.39. The van der Waals surface area contributed by atoms with Crippen molar-refractivity contribution < 1.29 is 31.9 Å². The molecule has 0 aliphatic heterocycles. The second kappa shape index (κ2) is 8.31. The van der Waals surface area contributed by atoms with Gasteiger partial charge in [0, 0.05) is 12.1 Å². The average Bonchev–Trinajstić information content (AvgIpc) is 2.55. The molecule has 8 heteroatoms. The van der Waals surface area contributed by atoms with Crippen molar-refractivity contribution in [2.45, 2.75) is 44.4 Å². The van der Waals surface area contributed by atoms with Gasteiger partial charge in [0.2, 0.25) is 0 Å². The van der Waals surface area contributed by atoms with Gasteiger partial charge >= 0.3 is 12.1 Å². The van der Waals surface area contributed by atoms with E-state index in [1.54, 1.807) is 0 Å². The molecule has 4 nitrogen and oxygen atoms in total. The number of amides is 1. The van der Waals surface area contributed by atoms with Gasteiger partial charge in [-0.05, 0) is 43.5 Å². The number of carbonyl (C=O) groups excluding carboxylic acids is 2. The van der Waals surface area contributed by atoms with Crippen molar-refractivity contribution in [3.05, 3.63) is 35.6 Å². The number of alkyl halides is 3. The summed E-state index contributed by atoms with van der Waals surface area (Å²) in [6.07, 6.45) is -4.57. The molecular weight excluding hydrogens is 342 g/mol. The first-order chi connectivity index (χ1) is 11.8. The Kier molecular flexibility index (Phi) is 6.39. The van der Waals surface area contributed by atoms with Gasteiger partial charge in [0.25, 0.3) is 5.91 Å². The van der Waals surface area contributed by atoms with Crippen LogP contribution < -0.4 is 5.32 Å². The maximum atomic E-state index is 12.9. The van der Waals surface area contributed by atoms with E-state index in [2.05, 4.69) is 5.32 Å². The Bertz CT molecular complexity index is 601. The molecule has 1 aromatic carbocycles. The van der Waals surface area contributed by atoms with Gasteiger partial charge in [-0.1, -0.05) is 6.42 Å². The van der Waals surface area contributed by atoms with E-state index in [-0.39, 0.29) is 31.4 Å². The molecule has 0 heterocycles. The number of ether oxygens (including phenoxy) is 1. The Morgan fingerprint density at radius 2 is 1.76 bits per heavy atom.